The Hall–Kier alpha value is -2.68. The number of nitrogens with zero attached hydrogens (tertiary/aromatic N) is 3. The zero-order valence-electron chi connectivity index (χ0n) is 17.6. The van der Waals surface area contributed by atoms with Gasteiger partial charge in [-0.3, -0.25) is 0 Å². The summed E-state index contributed by atoms with van der Waals surface area (Å²) in [5.74, 6) is 1.43. The molecule has 2 aromatic heterocycles. The van der Waals surface area contributed by atoms with Gasteiger partial charge in [-0.15, -0.1) is 22.7 Å². The summed E-state index contributed by atoms with van der Waals surface area (Å²) in [7, 11) is 3.31. The molecule has 0 radical (unpaired) electrons. The van der Waals surface area contributed by atoms with Crippen molar-refractivity contribution in [3.63, 3.8) is 0 Å². The van der Waals surface area contributed by atoms with Gasteiger partial charge in [0, 0.05) is 17.4 Å². The molecule has 0 N–H and O–H groups in total. The quantitative estimate of drug-likeness (QED) is 0.387. The monoisotopic (exact) mass is 526 g/mol. The number of hydrazone groups is 1. The van der Waals surface area contributed by atoms with Crippen LogP contribution in [-0.2, 0) is 0 Å². The van der Waals surface area contributed by atoms with Crippen molar-refractivity contribution >= 4 is 33.5 Å². The molecule has 32 heavy (non-hydrogen) atoms. The van der Waals surface area contributed by atoms with Crippen LogP contribution in [0.1, 0.15) is 22.9 Å². The zero-order valence-corrected chi connectivity index (χ0v) is 20.8. The van der Waals surface area contributed by atoms with Crippen molar-refractivity contribution in [2.45, 2.75) is 12.5 Å². The number of anilines is 1. The molecule has 1 atom stereocenters. The Morgan fingerprint density at radius 1 is 0.938 bits per heavy atom. The van der Waals surface area contributed by atoms with Gasteiger partial charge in [0.25, 0.3) is 0 Å². The van der Waals surface area contributed by atoms with E-state index in [1.165, 1.54) is 4.88 Å². The lowest BCUT2D eigenvalue weighted by molar-refractivity contribution is -0.00000656. The maximum atomic E-state index is 5.55. The SMILES string of the molecule is COc1ccc(C2CC(c3cccs3)=NN2c2nc(-c3ccccc3)cs2)cc1OC.[Br-]. The Kier molecular flexibility index (Phi) is 6.93. The molecule has 0 fully saturated rings. The highest BCUT2D eigenvalue weighted by atomic mass is 79.9. The summed E-state index contributed by atoms with van der Waals surface area (Å²) in [4.78, 5) is 6.10. The van der Waals surface area contributed by atoms with E-state index in [1.807, 2.05) is 35.3 Å². The number of hydrogen-bond donors (Lipinski definition) is 0. The molecule has 1 aliphatic rings. The van der Waals surface area contributed by atoms with Crippen molar-refractivity contribution in [3.05, 3.63) is 81.9 Å². The summed E-state index contributed by atoms with van der Waals surface area (Å²) in [6.45, 7) is 0. The first-order valence-electron chi connectivity index (χ1n) is 9.90. The van der Waals surface area contributed by atoms with Gasteiger partial charge >= 0.3 is 0 Å². The number of aromatic nitrogens is 1. The van der Waals surface area contributed by atoms with Crippen LogP contribution in [0, 0.1) is 0 Å². The largest absolute Gasteiger partial charge is 1.00 e. The summed E-state index contributed by atoms with van der Waals surface area (Å²) >= 11 is 3.32. The third-order valence-electron chi connectivity index (χ3n) is 5.27. The van der Waals surface area contributed by atoms with Gasteiger partial charge in [0.15, 0.2) is 11.5 Å². The maximum Gasteiger partial charge on any atom is 0.207 e. The summed E-state index contributed by atoms with van der Waals surface area (Å²) in [6.07, 6.45) is 0.802. The Labute approximate surface area is 205 Å². The van der Waals surface area contributed by atoms with Gasteiger partial charge in [-0.1, -0.05) is 42.5 Å². The van der Waals surface area contributed by atoms with Crippen molar-refractivity contribution < 1.29 is 26.5 Å². The normalized spacial score (nSPS) is 15.2. The molecule has 5 rings (SSSR count). The highest BCUT2D eigenvalue weighted by molar-refractivity contribution is 7.14. The minimum Gasteiger partial charge on any atom is -1.00 e. The van der Waals surface area contributed by atoms with Crippen LogP contribution in [0.2, 0.25) is 0 Å². The molecule has 2 aromatic carbocycles. The Balaban J connectivity index is 0.00000245. The minimum absolute atomic E-state index is 0. The van der Waals surface area contributed by atoms with Crippen LogP contribution >= 0.6 is 22.7 Å². The number of halogens is 1. The van der Waals surface area contributed by atoms with Crippen molar-refractivity contribution in [3.8, 4) is 22.8 Å². The molecule has 8 heteroatoms. The molecule has 4 aromatic rings. The molecule has 0 aliphatic carbocycles. The van der Waals surface area contributed by atoms with E-state index in [-0.39, 0.29) is 23.0 Å². The van der Waals surface area contributed by atoms with Crippen LogP contribution in [0.25, 0.3) is 11.3 Å². The van der Waals surface area contributed by atoms with Crippen LogP contribution in [0.4, 0.5) is 5.13 Å². The summed E-state index contributed by atoms with van der Waals surface area (Å²) < 4.78 is 11.0. The fourth-order valence-electron chi connectivity index (χ4n) is 3.71. The molecular formula is C24H21BrN3O2S2-. The maximum absolute atomic E-state index is 5.55. The summed E-state index contributed by atoms with van der Waals surface area (Å²) in [6, 6.07) is 20.5. The number of thiophene rings is 1. The standard InChI is InChI=1S/C24H21N3O2S2.BrH/c1-28-21-11-10-17(13-22(21)29-2)20-14-18(23-9-6-12-30-23)26-27(20)24-25-19(15-31-24)16-7-4-3-5-8-16;/h3-13,15,20H,14H2,1-2H3;1H/p-1. The number of methoxy groups -OCH3 is 2. The van der Waals surface area contributed by atoms with Gasteiger partial charge in [0.2, 0.25) is 5.13 Å². The van der Waals surface area contributed by atoms with Gasteiger partial charge in [-0.2, -0.15) is 5.10 Å². The molecule has 1 aliphatic heterocycles. The third-order valence-corrected chi connectivity index (χ3v) is 7.02. The van der Waals surface area contributed by atoms with Gasteiger partial charge in [-0.05, 0) is 29.1 Å². The van der Waals surface area contributed by atoms with Crippen molar-refractivity contribution in [2.75, 3.05) is 19.2 Å². The van der Waals surface area contributed by atoms with Crippen LogP contribution in [0.3, 0.4) is 0 Å². The summed E-state index contributed by atoms with van der Waals surface area (Å²) in [5.41, 5.74) is 4.26. The second-order valence-corrected chi connectivity index (χ2v) is 8.87. The highest BCUT2D eigenvalue weighted by Crippen LogP contribution is 2.41. The van der Waals surface area contributed by atoms with E-state index in [1.54, 1.807) is 36.9 Å². The fraction of sp³-hybridized carbons (Fsp3) is 0.167. The molecular weight excluding hydrogens is 506 g/mol. The second kappa shape index (κ2) is 9.85. The predicted molar refractivity (Wildman–Crippen MR) is 128 cm³/mol. The average molecular weight is 527 g/mol. The van der Waals surface area contributed by atoms with Crippen molar-refractivity contribution in [1.82, 2.24) is 4.98 Å². The number of benzene rings is 2. The first-order valence-corrected chi connectivity index (χ1v) is 11.7. The first-order chi connectivity index (χ1) is 15.3. The van der Waals surface area contributed by atoms with Crippen LogP contribution in [0.5, 0.6) is 11.5 Å². The third kappa shape index (κ3) is 4.30. The minimum atomic E-state index is 0. The Morgan fingerprint density at radius 2 is 1.75 bits per heavy atom. The van der Waals surface area contributed by atoms with Gasteiger partial charge in [0.05, 0.1) is 36.5 Å². The Morgan fingerprint density at radius 3 is 2.47 bits per heavy atom. The number of hydrogen-bond acceptors (Lipinski definition) is 7. The van der Waals surface area contributed by atoms with E-state index in [2.05, 4.69) is 41.1 Å². The second-order valence-electron chi connectivity index (χ2n) is 7.08. The average Bonchev–Trinajstić information content (AvgIpc) is 3.59. The number of ether oxygens (including phenoxy) is 2. The molecule has 3 heterocycles. The molecule has 1 unspecified atom stereocenters. The molecule has 5 nitrogen and oxygen atoms in total. The van der Waals surface area contributed by atoms with Crippen LogP contribution in [0.15, 0.2) is 76.5 Å². The van der Waals surface area contributed by atoms with Crippen molar-refractivity contribution in [1.29, 1.82) is 0 Å². The van der Waals surface area contributed by atoms with E-state index in [4.69, 9.17) is 19.6 Å². The molecule has 0 bridgehead atoms. The van der Waals surface area contributed by atoms with Gasteiger partial charge in [0.1, 0.15) is 0 Å². The first kappa shape index (κ1) is 22.5. The van der Waals surface area contributed by atoms with Crippen molar-refractivity contribution in [2.24, 2.45) is 5.10 Å². The lowest BCUT2D eigenvalue weighted by Gasteiger charge is -2.22. The molecule has 0 spiro atoms. The van der Waals surface area contributed by atoms with E-state index >= 15 is 0 Å². The smallest absolute Gasteiger partial charge is 0.207 e. The molecule has 0 amide bonds. The number of thiazole rings is 1. The molecule has 0 saturated carbocycles. The van der Waals surface area contributed by atoms with E-state index in [9.17, 15) is 0 Å². The number of rotatable bonds is 6. The predicted octanol–water partition coefficient (Wildman–Crippen LogP) is 3.25. The van der Waals surface area contributed by atoms with Gasteiger partial charge < -0.3 is 26.5 Å². The lowest BCUT2D eigenvalue weighted by Crippen LogP contribution is -3.00. The van der Waals surface area contributed by atoms with Crippen LogP contribution in [-0.4, -0.2) is 24.9 Å². The lowest BCUT2D eigenvalue weighted by atomic mass is 10.0. The van der Waals surface area contributed by atoms with Crippen LogP contribution < -0.4 is 31.5 Å². The van der Waals surface area contributed by atoms with E-state index < -0.39 is 0 Å². The van der Waals surface area contributed by atoms with E-state index in [0.29, 0.717) is 5.75 Å². The topological polar surface area (TPSA) is 47.0 Å². The molecule has 0 saturated heterocycles. The fourth-order valence-corrected chi connectivity index (χ4v) is 5.26. The molecule has 164 valence electrons. The summed E-state index contributed by atoms with van der Waals surface area (Å²) in [5, 5.41) is 12.1. The Bertz CT molecular complexity index is 1210. The van der Waals surface area contributed by atoms with E-state index in [0.717, 1.165) is 39.8 Å². The van der Waals surface area contributed by atoms with Gasteiger partial charge in [-0.25, -0.2) is 9.99 Å². The highest BCUT2D eigenvalue weighted by Gasteiger charge is 2.32. The zero-order chi connectivity index (χ0) is 21.2.